The third-order valence-corrected chi connectivity index (χ3v) is 3.49. The van der Waals surface area contributed by atoms with Crippen molar-refractivity contribution in [3.8, 4) is 5.75 Å². The average Bonchev–Trinajstić information content (AvgIpc) is 3.10. The predicted octanol–water partition coefficient (Wildman–Crippen LogP) is 2.92. The molecule has 17 heavy (non-hydrogen) atoms. The lowest BCUT2D eigenvalue weighted by atomic mass is 9.89. The lowest BCUT2D eigenvalue weighted by Gasteiger charge is -2.17. The molecule has 1 aliphatic rings. The van der Waals surface area contributed by atoms with Crippen LogP contribution in [0.4, 0.5) is 0 Å². The van der Waals surface area contributed by atoms with Crippen molar-refractivity contribution in [3.63, 3.8) is 0 Å². The van der Waals surface area contributed by atoms with E-state index in [-0.39, 0.29) is 18.1 Å². The maximum Gasteiger partial charge on any atom is 0.303 e. The molecule has 0 bridgehead atoms. The van der Waals surface area contributed by atoms with Crippen LogP contribution in [0.2, 0.25) is 0 Å². The van der Waals surface area contributed by atoms with Crippen molar-refractivity contribution in [3.05, 3.63) is 29.3 Å². The van der Waals surface area contributed by atoms with Crippen molar-refractivity contribution >= 4 is 5.97 Å². The second kappa shape index (κ2) is 4.78. The Morgan fingerprint density at radius 2 is 2.18 bits per heavy atom. The molecule has 2 N–H and O–H groups in total. The highest BCUT2D eigenvalue weighted by Gasteiger charge is 2.35. The molecule has 1 atom stereocenters. The molecule has 0 aliphatic heterocycles. The number of hydrogen-bond donors (Lipinski definition) is 2. The van der Waals surface area contributed by atoms with Crippen LogP contribution in [-0.2, 0) is 11.2 Å². The van der Waals surface area contributed by atoms with E-state index < -0.39 is 5.97 Å². The molecular weight excluding hydrogens is 216 g/mol. The Hall–Kier alpha value is -1.51. The fourth-order valence-electron chi connectivity index (χ4n) is 2.34. The quantitative estimate of drug-likeness (QED) is 0.823. The minimum Gasteiger partial charge on any atom is -0.508 e. The van der Waals surface area contributed by atoms with Crippen LogP contribution in [0.1, 0.15) is 43.2 Å². The summed E-state index contributed by atoms with van der Waals surface area (Å²) in [6, 6.07) is 5.54. The normalized spacial score (nSPS) is 16.8. The number of aryl methyl sites for hydroxylation is 1. The summed E-state index contributed by atoms with van der Waals surface area (Å²) in [7, 11) is 0. The minimum absolute atomic E-state index is 0.0287. The maximum atomic E-state index is 10.9. The molecular formula is C14H18O3. The molecule has 92 valence electrons. The number of carboxylic acid groups (broad SMARTS) is 1. The second-order valence-electron chi connectivity index (χ2n) is 4.79. The fraction of sp³-hybridized carbons (Fsp3) is 0.500. The number of aromatic hydroxyl groups is 1. The number of benzene rings is 1. The van der Waals surface area contributed by atoms with Gasteiger partial charge in [0, 0.05) is 5.92 Å². The van der Waals surface area contributed by atoms with E-state index in [4.69, 9.17) is 5.11 Å². The molecule has 0 spiro atoms. The van der Waals surface area contributed by atoms with Gasteiger partial charge < -0.3 is 10.2 Å². The number of hydrogen-bond acceptors (Lipinski definition) is 2. The summed E-state index contributed by atoms with van der Waals surface area (Å²) in [5, 5.41) is 18.9. The number of carboxylic acids is 1. The van der Waals surface area contributed by atoms with Crippen LogP contribution in [0.3, 0.4) is 0 Å². The van der Waals surface area contributed by atoms with Crippen LogP contribution in [-0.4, -0.2) is 16.2 Å². The van der Waals surface area contributed by atoms with E-state index in [1.165, 1.54) is 0 Å². The summed E-state index contributed by atoms with van der Waals surface area (Å²) in [6.07, 6.45) is 3.17. The van der Waals surface area contributed by atoms with Crippen molar-refractivity contribution in [1.29, 1.82) is 0 Å². The minimum atomic E-state index is -0.789. The monoisotopic (exact) mass is 234 g/mol. The van der Waals surface area contributed by atoms with Gasteiger partial charge in [0.05, 0.1) is 6.42 Å². The van der Waals surface area contributed by atoms with Crippen LogP contribution in [0.25, 0.3) is 0 Å². The molecule has 1 aromatic rings. The third kappa shape index (κ3) is 2.78. The predicted molar refractivity (Wildman–Crippen MR) is 65.2 cm³/mol. The molecule has 3 nitrogen and oxygen atoms in total. The van der Waals surface area contributed by atoms with Gasteiger partial charge in [-0.1, -0.05) is 19.1 Å². The Kier molecular flexibility index (Phi) is 3.36. The van der Waals surface area contributed by atoms with Crippen molar-refractivity contribution in [2.24, 2.45) is 5.92 Å². The topological polar surface area (TPSA) is 57.5 Å². The first kappa shape index (κ1) is 12.0. The van der Waals surface area contributed by atoms with Gasteiger partial charge in [0.15, 0.2) is 0 Å². The number of carbonyl (C=O) groups is 1. The van der Waals surface area contributed by atoms with Crippen LogP contribution in [0.15, 0.2) is 18.2 Å². The SMILES string of the molecule is CCc1ccc(O)c(C(CC(=O)O)C2CC2)c1. The summed E-state index contributed by atoms with van der Waals surface area (Å²) >= 11 is 0. The number of rotatable bonds is 5. The van der Waals surface area contributed by atoms with Gasteiger partial charge in [-0.25, -0.2) is 0 Å². The summed E-state index contributed by atoms with van der Waals surface area (Å²) in [5.41, 5.74) is 1.96. The zero-order chi connectivity index (χ0) is 12.4. The van der Waals surface area contributed by atoms with Crippen molar-refractivity contribution in [2.75, 3.05) is 0 Å². The lowest BCUT2D eigenvalue weighted by Crippen LogP contribution is -2.09. The van der Waals surface area contributed by atoms with Crippen LogP contribution >= 0.6 is 0 Å². The zero-order valence-electron chi connectivity index (χ0n) is 10.0. The van der Waals surface area contributed by atoms with Gasteiger partial charge in [-0.3, -0.25) is 4.79 Å². The third-order valence-electron chi connectivity index (χ3n) is 3.49. The van der Waals surface area contributed by atoms with Crippen LogP contribution < -0.4 is 0 Å². The summed E-state index contributed by atoms with van der Waals surface area (Å²) in [4.78, 5) is 10.9. The zero-order valence-corrected chi connectivity index (χ0v) is 10.0. The number of phenols is 1. The maximum absolute atomic E-state index is 10.9. The van der Waals surface area contributed by atoms with Gasteiger partial charge in [0.25, 0.3) is 0 Å². The van der Waals surface area contributed by atoms with Gasteiger partial charge in [-0.2, -0.15) is 0 Å². The van der Waals surface area contributed by atoms with E-state index >= 15 is 0 Å². The molecule has 2 rings (SSSR count). The summed E-state index contributed by atoms with van der Waals surface area (Å²) < 4.78 is 0. The first-order chi connectivity index (χ1) is 8.11. The van der Waals surface area contributed by atoms with E-state index in [2.05, 4.69) is 6.92 Å². The van der Waals surface area contributed by atoms with E-state index in [0.717, 1.165) is 30.4 Å². The van der Waals surface area contributed by atoms with E-state index in [0.29, 0.717) is 5.92 Å². The molecule has 0 radical (unpaired) electrons. The first-order valence-corrected chi connectivity index (χ1v) is 6.15. The van der Waals surface area contributed by atoms with E-state index in [9.17, 15) is 9.90 Å². The van der Waals surface area contributed by atoms with E-state index in [1.807, 2.05) is 12.1 Å². The highest BCUT2D eigenvalue weighted by molar-refractivity contribution is 5.68. The first-order valence-electron chi connectivity index (χ1n) is 6.15. The second-order valence-corrected chi connectivity index (χ2v) is 4.79. The number of phenolic OH excluding ortho intramolecular Hbond substituents is 1. The van der Waals surface area contributed by atoms with Gasteiger partial charge in [0.2, 0.25) is 0 Å². The van der Waals surface area contributed by atoms with Crippen molar-refractivity contribution in [2.45, 2.75) is 38.5 Å². The highest BCUT2D eigenvalue weighted by Crippen LogP contribution is 2.46. The van der Waals surface area contributed by atoms with E-state index in [1.54, 1.807) is 6.07 Å². The Bertz CT molecular complexity index is 421. The van der Waals surface area contributed by atoms with Gasteiger partial charge in [-0.15, -0.1) is 0 Å². The average molecular weight is 234 g/mol. The molecule has 0 saturated heterocycles. The summed E-state index contributed by atoms with van der Waals surface area (Å²) in [6.45, 7) is 2.06. The lowest BCUT2D eigenvalue weighted by molar-refractivity contribution is -0.137. The number of aliphatic carboxylic acids is 1. The Morgan fingerprint density at radius 3 is 2.71 bits per heavy atom. The smallest absolute Gasteiger partial charge is 0.303 e. The van der Waals surface area contributed by atoms with Crippen molar-refractivity contribution < 1.29 is 15.0 Å². The molecule has 0 aromatic heterocycles. The molecule has 1 aliphatic carbocycles. The van der Waals surface area contributed by atoms with Crippen LogP contribution in [0, 0.1) is 5.92 Å². The van der Waals surface area contributed by atoms with Crippen molar-refractivity contribution in [1.82, 2.24) is 0 Å². The standard InChI is InChI=1S/C14H18O3/c1-2-9-3-6-13(15)12(7-9)11(8-14(16)17)10-4-5-10/h3,6-7,10-11,15H,2,4-5,8H2,1H3,(H,16,17). The Balaban J connectivity index is 2.30. The molecule has 0 heterocycles. The fourth-order valence-corrected chi connectivity index (χ4v) is 2.34. The van der Waals surface area contributed by atoms with Gasteiger partial charge in [0.1, 0.15) is 5.75 Å². The Labute approximate surface area is 101 Å². The highest BCUT2D eigenvalue weighted by atomic mass is 16.4. The summed E-state index contributed by atoms with van der Waals surface area (Å²) in [5.74, 6) is -0.147. The molecule has 0 amide bonds. The van der Waals surface area contributed by atoms with Gasteiger partial charge in [-0.05, 0) is 42.4 Å². The van der Waals surface area contributed by atoms with Gasteiger partial charge >= 0.3 is 5.97 Å². The molecule has 3 heteroatoms. The molecule has 1 aromatic carbocycles. The Morgan fingerprint density at radius 1 is 1.47 bits per heavy atom. The molecule has 1 fully saturated rings. The largest absolute Gasteiger partial charge is 0.508 e. The van der Waals surface area contributed by atoms with Crippen LogP contribution in [0.5, 0.6) is 5.75 Å². The molecule has 1 saturated carbocycles. The molecule has 1 unspecified atom stereocenters.